The predicted octanol–water partition coefficient (Wildman–Crippen LogP) is 0.126. The molecule has 76 valence electrons. The van der Waals surface area contributed by atoms with Crippen LogP contribution < -0.4 is 0 Å². The second-order valence-corrected chi connectivity index (χ2v) is 2.75. The molecule has 0 fully saturated rings. The zero-order valence-electron chi connectivity index (χ0n) is 7.28. The Morgan fingerprint density at radius 1 is 1.27 bits per heavy atom. The van der Waals surface area contributed by atoms with Gasteiger partial charge in [0.25, 0.3) is 0 Å². The summed E-state index contributed by atoms with van der Waals surface area (Å²) in [6.45, 7) is 0. The van der Waals surface area contributed by atoms with Crippen molar-refractivity contribution in [2.75, 3.05) is 0 Å². The monoisotopic (exact) mass is 207 g/mol. The SMILES string of the molecule is O=C(O)c1ccn2ncc(C(=O)O)c2n1. The number of nitrogens with zero attached hydrogens (tertiary/aromatic N) is 3. The van der Waals surface area contributed by atoms with Crippen LogP contribution in [-0.2, 0) is 0 Å². The first-order chi connectivity index (χ1) is 7.09. The van der Waals surface area contributed by atoms with Crippen LogP contribution in [0, 0.1) is 0 Å². The lowest BCUT2D eigenvalue weighted by Crippen LogP contribution is -2.04. The molecular formula is C8H5N3O4. The molecule has 0 bridgehead atoms. The van der Waals surface area contributed by atoms with Gasteiger partial charge in [-0.3, -0.25) is 0 Å². The Hall–Kier alpha value is -2.44. The highest BCUT2D eigenvalue weighted by atomic mass is 16.4. The molecule has 15 heavy (non-hydrogen) atoms. The van der Waals surface area contributed by atoms with Crippen molar-refractivity contribution < 1.29 is 19.8 Å². The van der Waals surface area contributed by atoms with E-state index in [1.54, 1.807) is 0 Å². The minimum atomic E-state index is -1.21. The van der Waals surface area contributed by atoms with E-state index in [0.717, 1.165) is 6.20 Å². The summed E-state index contributed by atoms with van der Waals surface area (Å²) in [7, 11) is 0. The van der Waals surface area contributed by atoms with Gasteiger partial charge in [0.1, 0.15) is 5.56 Å². The highest BCUT2D eigenvalue weighted by molar-refractivity contribution is 5.95. The van der Waals surface area contributed by atoms with Crippen LogP contribution in [0.5, 0.6) is 0 Å². The zero-order valence-corrected chi connectivity index (χ0v) is 7.28. The Labute approximate surface area is 82.6 Å². The van der Waals surface area contributed by atoms with Gasteiger partial charge < -0.3 is 10.2 Å². The van der Waals surface area contributed by atoms with Gasteiger partial charge in [0, 0.05) is 6.20 Å². The van der Waals surface area contributed by atoms with Crippen LogP contribution in [0.3, 0.4) is 0 Å². The van der Waals surface area contributed by atoms with Crippen molar-refractivity contribution in [2.45, 2.75) is 0 Å². The molecule has 2 aromatic heterocycles. The van der Waals surface area contributed by atoms with E-state index in [1.807, 2.05) is 0 Å². The van der Waals surface area contributed by atoms with Gasteiger partial charge in [0.05, 0.1) is 6.20 Å². The highest BCUT2D eigenvalue weighted by Crippen LogP contribution is 2.08. The lowest BCUT2D eigenvalue weighted by Gasteiger charge is -1.95. The van der Waals surface area contributed by atoms with Gasteiger partial charge in [-0.25, -0.2) is 19.1 Å². The summed E-state index contributed by atoms with van der Waals surface area (Å²) in [5, 5.41) is 21.2. The number of carboxylic acid groups (broad SMARTS) is 2. The van der Waals surface area contributed by atoms with Crippen molar-refractivity contribution in [3.8, 4) is 0 Å². The summed E-state index contributed by atoms with van der Waals surface area (Å²) >= 11 is 0. The second-order valence-electron chi connectivity index (χ2n) is 2.75. The van der Waals surface area contributed by atoms with E-state index >= 15 is 0 Å². The number of rotatable bonds is 2. The zero-order chi connectivity index (χ0) is 11.0. The second kappa shape index (κ2) is 3.05. The van der Waals surface area contributed by atoms with Gasteiger partial charge in [0.2, 0.25) is 0 Å². The molecule has 0 amide bonds. The maximum Gasteiger partial charge on any atom is 0.354 e. The first kappa shape index (κ1) is 9.13. The molecule has 2 rings (SSSR count). The third kappa shape index (κ3) is 1.39. The van der Waals surface area contributed by atoms with E-state index in [2.05, 4.69) is 10.1 Å². The Kier molecular flexibility index (Phi) is 1.86. The van der Waals surface area contributed by atoms with Gasteiger partial charge in [-0.2, -0.15) is 5.10 Å². The van der Waals surface area contributed by atoms with Crippen LogP contribution in [0.2, 0.25) is 0 Å². The summed E-state index contributed by atoms with van der Waals surface area (Å²) in [6.07, 6.45) is 2.47. The molecule has 0 aliphatic heterocycles. The lowest BCUT2D eigenvalue weighted by atomic mass is 10.3. The summed E-state index contributed by atoms with van der Waals surface area (Å²) in [6, 6.07) is 1.24. The molecule has 0 saturated heterocycles. The Balaban J connectivity index is 2.72. The van der Waals surface area contributed by atoms with Gasteiger partial charge >= 0.3 is 11.9 Å². The Morgan fingerprint density at radius 3 is 2.60 bits per heavy atom. The molecule has 2 aromatic rings. The van der Waals surface area contributed by atoms with Crippen molar-refractivity contribution in [2.24, 2.45) is 0 Å². The average molecular weight is 207 g/mol. The molecular weight excluding hydrogens is 202 g/mol. The van der Waals surface area contributed by atoms with Crippen LogP contribution in [-0.4, -0.2) is 36.7 Å². The van der Waals surface area contributed by atoms with Gasteiger partial charge in [-0.1, -0.05) is 0 Å². The smallest absolute Gasteiger partial charge is 0.354 e. The molecule has 2 heterocycles. The van der Waals surface area contributed by atoms with Crippen LogP contribution in [0.25, 0.3) is 5.65 Å². The molecule has 0 aliphatic rings. The third-order valence-corrected chi connectivity index (χ3v) is 1.82. The molecule has 0 aliphatic carbocycles. The minimum Gasteiger partial charge on any atom is -0.477 e. The number of hydrogen-bond donors (Lipinski definition) is 2. The van der Waals surface area contributed by atoms with E-state index in [0.29, 0.717) is 0 Å². The van der Waals surface area contributed by atoms with Gasteiger partial charge in [0.15, 0.2) is 11.3 Å². The summed E-state index contributed by atoms with van der Waals surface area (Å²) in [5.74, 6) is -2.41. The van der Waals surface area contributed by atoms with E-state index in [9.17, 15) is 9.59 Å². The fourth-order valence-electron chi connectivity index (χ4n) is 1.14. The van der Waals surface area contributed by atoms with Gasteiger partial charge in [-0.15, -0.1) is 0 Å². The third-order valence-electron chi connectivity index (χ3n) is 1.82. The fourth-order valence-corrected chi connectivity index (χ4v) is 1.14. The number of carbonyl (C=O) groups is 2. The first-order valence-corrected chi connectivity index (χ1v) is 3.90. The summed E-state index contributed by atoms with van der Waals surface area (Å²) in [5.41, 5.74) is -0.328. The molecule has 0 spiro atoms. The van der Waals surface area contributed by atoms with Crippen molar-refractivity contribution >= 4 is 17.6 Å². The normalized spacial score (nSPS) is 10.4. The number of carboxylic acids is 2. The molecule has 0 unspecified atom stereocenters. The molecule has 0 radical (unpaired) electrons. The average Bonchev–Trinajstić information content (AvgIpc) is 2.59. The largest absolute Gasteiger partial charge is 0.477 e. The maximum absolute atomic E-state index is 10.7. The topological polar surface area (TPSA) is 105 Å². The van der Waals surface area contributed by atoms with Crippen molar-refractivity contribution in [3.63, 3.8) is 0 Å². The predicted molar refractivity (Wildman–Crippen MR) is 46.9 cm³/mol. The van der Waals surface area contributed by atoms with E-state index < -0.39 is 11.9 Å². The van der Waals surface area contributed by atoms with Crippen LogP contribution in [0.4, 0.5) is 0 Å². The van der Waals surface area contributed by atoms with Crippen LogP contribution >= 0.6 is 0 Å². The molecule has 0 saturated carbocycles. The highest BCUT2D eigenvalue weighted by Gasteiger charge is 2.14. The number of aromatic carboxylic acids is 2. The standard InChI is InChI=1S/C8H5N3O4/c12-7(13)4-3-9-11-2-1-5(8(14)15)10-6(4)11/h1-3H,(H,12,13)(H,14,15). The maximum atomic E-state index is 10.7. The van der Waals surface area contributed by atoms with E-state index in [-0.39, 0.29) is 16.9 Å². The molecule has 7 nitrogen and oxygen atoms in total. The van der Waals surface area contributed by atoms with E-state index in [4.69, 9.17) is 10.2 Å². The fraction of sp³-hybridized carbons (Fsp3) is 0. The van der Waals surface area contributed by atoms with Gasteiger partial charge in [-0.05, 0) is 6.07 Å². The van der Waals surface area contributed by atoms with Crippen molar-refractivity contribution in [1.82, 2.24) is 14.6 Å². The number of fused-ring (bicyclic) bond motifs is 1. The van der Waals surface area contributed by atoms with E-state index in [1.165, 1.54) is 16.8 Å². The van der Waals surface area contributed by atoms with Crippen LogP contribution in [0.15, 0.2) is 18.5 Å². The Bertz CT molecular complexity index is 560. The minimum absolute atomic E-state index is 0.0161. The Morgan fingerprint density at radius 2 is 2.00 bits per heavy atom. The molecule has 2 N–H and O–H groups in total. The summed E-state index contributed by atoms with van der Waals surface area (Å²) in [4.78, 5) is 25.0. The van der Waals surface area contributed by atoms with Crippen LogP contribution in [0.1, 0.15) is 20.8 Å². The molecule has 7 heteroatoms. The quantitative estimate of drug-likeness (QED) is 0.724. The molecule has 0 aromatic carbocycles. The number of aromatic nitrogens is 3. The van der Waals surface area contributed by atoms with Crippen molar-refractivity contribution in [1.29, 1.82) is 0 Å². The number of hydrogen-bond acceptors (Lipinski definition) is 4. The van der Waals surface area contributed by atoms with Crippen molar-refractivity contribution in [3.05, 3.63) is 29.7 Å². The summed E-state index contributed by atoms with van der Waals surface area (Å²) < 4.78 is 1.20. The lowest BCUT2D eigenvalue weighted by molar-refractivity contribution is 0.0680. The molecule has 0 atom stereocenters. The first-order valence-electron chi connectivity index (χ1n) is 3.90.